The van der Waals surface area contributed by atoms with E-state index in [0.717, 1.165) is 35.4 Å². The van der Waals surface area contributed by atoms with Gasteiger partial charge in [-0.1, -0.05) is 48.6 Å². The van der Waals surface area contributed by atoms with E-state index in [1.165, 1.54) is 0 Å². The van der Waals surface area contributed by atoms with Crippen molar-refractivity contribution in [3.63, 3.8) is 0 Å². The Morgan fingerprint density at radius 1 is 1.30 bits per heavy atom. The summed E-state index contributed by atoms with van der Waals surface area (Å²) in [5.41, 5.74) is 2.92. The quantitative estimate of drug-likeness (QED) is 0.577. The second-order valence-electron chi connectivity index (χ2n) is 10.0. The van der Waals surface area contributed by atoms with Crippen LogP contribution in [-0.4, -0.2) is 53.7 Å². The van der Waals surface area contributed by atoms with Crippen LogP contribution in [0.3, 0.4) is 0 Å². The van der Waals surface area contributed by atoms with Crippen LogP contribution in [0, 0.1) is 0 Å². The topological polar surface area (TPSA) is 59.0 Å². The van der Waals surface area contributed by atoms with Crippen molar-refractivity contribution in [2.45, 2.75) is 49.3 Å². The van der Waals surface area contributed by atoms with Gasteiger partial charge in [0.15, 0.2) is 23.4 Å². The summed E-state index contributed by atoms with van der Waals surface area (Å²) in [4.78, 5) is 16.2. The second-order valence-corrected chi connectivity index (χ2v) is 10.0. The summed E-state index contributed by atoms with van der Waals surface area (Å²) in [6.07, 6.45) is 2.86. The van der Waals surface area contributed by atoms with E-state index in [1.807, 2.05) is 49.4 Å². The summed E-state index contributed by atoms with van der Waals surface area (Å²) in [5.74, 6) is 1.24. The number of ketones is 1. The zero-order valence-corrected chi connectivity index (χ0v) is 19.1. The minimum Gasteiger partial charge on any atom is -0.493 e. The van der Waals surface area contributed by atoms with Gasteiger partial charge < -0.3 is 14.6 Å². The fourth-order valence-electron chi connectivity index (χ4n) is 6.90. The van der Waals surface area contributed by atoms with Crippen molar-refractivity contribution < 1.29 is 19.4 Å². The lowest BCUT2D eigenvalue weighted by molar-refractivity contribution is -0.178. The van der Waals surface area contributed by atoms with E-state index in [1.54, 1.807) is 7.11 Å². The molecule has 6 rings (SSSR count). The Hall–Kier alpha value is -2.89. The number of hydrogen-bond acceptors (Lipinski definition) is 5. The number of carbonyl (C=O) groups is 1. The molecule has 33 heavy (non-hydrogen) atoms. The summed E-state index contributed by atoms with van der Waals surface area (Å²) in [6, 6.07) is 13.7. The number of benzene rings is 2. The number of Topliss-reactive ketones (excluding diaryl/α,β-unsaturated/α-hetero) is 1. The highest BCUT2D eigenvalue weighted by Crippen LogP contribution is 2.65. The van der Waals surface area contributed by atoms with Crippen molar-refractivity contribution in [3.8, 4) is 11.5 Å². The van der Waals surface area contributed by atoms with E-state index in [9.17, 15) is 9.90 Å². The molecule has 4 aliphatic rings. The molecule has 0 amide bonds. The Balaban J connectivity index is 1.57. The lowest BCUT2D eigenvalue weighted by atomic mass is 9.48. The molecule has 170 valence electrons. The predicted octanol–water partition coefficient (Wildman–Crippen LogP) is 3.69. The molecule has 2 unspecified atom stereocenters. The molecule has 1 spiro atoms. The minimum absolute atomic E-state index is 0.0262. The van der Waals surface area contributed by atoms with Crippen molar-refractivity contribution in [1.29, 1.82) is 0 Å². The minimum atomic E-state index is -1.12. The molecule has 5 nitrogen and oxygen atoms in total. The van der Waals surface area contributed by atoms with Gasteiger partial charge in [0.25, 0.3) is 0 Å². The maximum atomic E-state index is 13.9. The molecule has 0 aromatic heterocycles. The van der Waals surface area contributed by atoms with Crippen LogP contribution in [0.4, 0.5) is 0 Å². The fraction of sp³-hybridized carbons (Fsp3) is 0.393. The Kier molecular flexibility index (Phi) is 4.42. The van der Waals surface area contributed by atoms with Crippen LogP contribution >= 0.6 is 0 Å². The number of methoxy groups -OCH3 is 1. The normalized spacial score (nSPS) is 32.9. The number of likely N-dealkylation sites (tertiary alicyclic amines) is 1. The molecule has 2 fully saturated rings. The van der Waals surface area contributed by atoms with Gasteiger partial charge in [-0.3, -0.25) is 9.69 Å². The number of nitrogens with zero attached hydrogens (tertiary/aromatic N) is 1. The lowest BCUT2D eigenvalue weighted by Crippen LogP contribution is -2.77. The van der Waals surface area contributed by atoms with Crippen LogP contribution in [-0.2, 0) is 16.6 Å². The molecular formula is C28H29NO4. The van der Waals surface area contributed by atoms with Crippen molar-refractivity contribution in [3.05, 3.63) is 76.9 Å². The Morgan fingerprint density at radius 3 is 2.82 bits per heavy atom. The van der Waals surface area contributed by atoms with Crippen molar-refractivity contribution in [2.75, 3.05) is 20.2 Å². The number of aliphatic hydroxyl groups is 1. The van der Waals surface area contributed by atoms with Crippen LogP contribution in [0.1, 0.15) is 36.5 Å². The molecule has 2 bridgehead atoms. The molecule has 2 aliphatic heterocycles. The van der Waals surface area contributed by atoms with Gasteiger partial charge >= 0.3 is 0 Å². The first kappa shape index (κ1) is 20.7. The molecule has 1 saturated heterocycles. The summed E-state index contributed by atoms with van der Waals surface area (Å²) in [7, 11) is 1.62. The van der Waals surface area contributed by atoms with E-state index in [0.29, 0.717) is 36.3 Å². The van der Waals surface area contributed by atoms with Crippen LogP contribution in [0.2, 0.25) is 0 Å². The first-order chi connectivity index (χ1) is 15.9. The van der Waals surface area contributed by atoms with Gasteiger partial charge in [-0.05, 0) is 43.0 Å². The SMILES string of the molecule is C=C(C)CN1CCC23c4c5ccc(OC)c4O[C@H]2C(=O)/C(=C/c2ccccc2)C[C@@]3(O)C1C5. The van der Waals surface area contributed by atoms with E-state index in [2.05, 4.69) is 17.5 Å². The predicted molar refractivity (Wildman–Crippen MR) is 127 cm³/mol. The molecular weight excluding hydrogens is 414 g/mol. The molecule has 2 aromatic carbocycles. The molecule has 2 aliphatic carbocycles. The van der Waals surface area contributed by atoms with Crippen molar-refractivity contribution >= 4 is 11.9 Å². The third-order valence-electron chi connectivity index (χ3n) is 8.16. The van der Waals surface area contributed by atoms with E-state index < -0.39 is 17.1 Å². The Bertz CT molecular complexity index is 1200. The highest BCUT2D eigenvalue weighted by atomic mass is 16.5. The van der Waals surface area contributed by atoms with Crippen molar-refractivity contribution in [1.82, 2.24) is 4.90 Å². The summed E-state index contributed by atoms with van der Waals surface area (Å²) < 4.78 is 12.1. The summed E-state index contributed by atoms with van der Waals surface area (Å²) >= 11 is 0. The van der Waals surface area contributed by atoms with Crippen LogP contribution in [0.5, 0.6) is 11.5 Å². The average molecular weight is 444 g/mol. The van der Waals surface area contributed by atoms with Gasteiger partial charge in [-0.15, -0.1) is 0 Å². The lowest BCUT2D eigenvalue weighted by Gasteiger charge is -2.62. The zero-order chi connectivity index (χ0) is 23.0. The number of hydrogen-bond donors (Lipinski definition) is 1. The second kappa shape index (κ2) is 7.05. The zero-order valence-electron chi connectivity index (χ0n) is 19.1. The van der Waals surface area contributed by atoms with Gasteiger partial charge in [0.1, 0.15) is 0 Å². The van der Waals surface area contributed by atoms with E-state index in [4.69, 9.17) is 9.47 Å². The summed E-state index contributed by atoms with van der Waals surface area (Å²) in [6.45, 7) is 7.68. The largest absolute Gasteiger partial charge is 0.493 e. The monoisotopic (exact) mass is 443 g/mol. The third kappa shape index (κ3) is 2.63. The van der Waals surface area contributed by atoms with E-state index >= 15 is 0 Å². The van der Waals surface area contributed by atoms with Gasteiger partial charge in [0, 0.05) is 36.7 Å². The van der Waals surface area contributed by atoms with Crippen LogP contribution < -0.4 is 9.47 Å². The molecule has 5 heteroatoms. The maximum Gasteiger partial charge on any atom is 0.200 e. The van der Waals surface area contributed by atoms with Gasteiger partial charge in [-0.2, -0.15) is 0 Å². The van der Waals surface area contributed by atoms with Gasteiger partial charge in [0.2, 0.25) is 0 Å². The molecule has 4 atom stereocenters. The first-order valence-corrected chi connectivity index (χ1v) is 11.7. The van der Waals surface area contributed by atoms with Gasteiger partial charge in [0.05, 0.1) is 18.1 Å². The summed E-state index contributed by atoms with van der Waals surface area (Å²) in [5, 5.41) is 12.6. The molecule has 2 heterocycles. The van der Waals surface area contributed by atoms with Crippen LogP contribution in [0.15, 0.2) is 60.2 Å². The van der Waals surface area contributed by atoms with Crippen molar-refractivity contribution in [2.24, 2.45) is 0 Å². The first-order valence-electron chi connectivity index (χ1n) is 11.7. The Labute approximate surface area is 194 Å². The standard InChI is InChI=1S/C28H29NO4/c1-17(2)16-29-12-11-27-23-19-9-10-21(32-3)25(23)33-26(27)24(30)20(13-18-7-5-4-6-8-18)15-28(27,31)22(29)14-19/h4-10,13,22,26,31H,1,11-12,14-16H2,2-3H3/b20-13+/t22?,26-,27?,28+/m0/s1. The molecule has 1 N–H and O–H groups in total. The molecule has 0 radical (unpaired) electrons. The number of rotatable bonds is 4. The smallest absolute Gasteiger partial charge is 0.200 e. The average Bonchev–Trinajstić information content (AvgIpc) is 3.14. The number of piperidine rings is 1. The number of carbonyl (C=O) groups excluding carboxylic acids is 1. The molecule has 1 saturated carbocycles. The van der Waals surface area contributed by atoms with Gasteiger partial charge in [-0.25, -0.2) is 0 Å². The highest BCUT2D eigenvalue weighted by molar-refractivity contribution is 6.06. The fourth-order valence-corrected chi connectivity index (χ4v) is 6.90. The molecule has 2 aromatic rings. The third-order valence-corrected chi connectivity index (χ3v) is 8.16. The van der Waals surface area contributed by atoms with E-state index in [-0.39, 0.29) is 11.8 Å². The Morgan fingerprint density at radius 2 is 2.09 bits per heavy atom. The maximum absolute atomic E-state index is 13.9. The highest BCUT2D eigenvalue weighted by Gasteiger charge is 2.74. The number of ether oxygens (including phenoxy) is 2. The van der Waals surface area contributed by atoms with Crippen LogP contribution in [0.25, 0.3) is 6.08 Å².